The number of para-hydroxylation sites is 2. The van der Waals surface area contributed by atoms with E-state index in [1.807, 2.05) is 0 Å². The van der Waals surface area contributed by atoms with E-state index in [2.05, 4.69) is 304 Å². The summed E-state index contributed by atoms with van der Waals surface area (Å²) < 4.78 is 0. The summed E-state index contributed by atoms with van der Waals surface area (Å²) in [6.07, 6.45) is 0. The van der Waals surface area contributed by atoms with Crippen LogP contribution in [0.1, 0.15) is 72.2 Å². The zero-order valence-electron chi connectivity index (χ0n) is 45.8. The fourth-order valence-electron chi connectivity index (χ4n) is 15.7. The predicted octanol–water partition coefficient (Wildman–Crippen LogP) is 21.0. The zero-order valence-corrected chi connectivity index (χ0v) is 45.8. The molecule has 0 atom stereocenters. The topological polar surface area (TPSA) is 6.48 Å². The van der Waals surface area contributed by atoms with Crippen molar-refractivity contribution in [1.82, 2.24) is 0 Å². The van der Waals surface area contributed by atoms with E-state index in [0.717, 1.165) is 34.1 Å². The molecule has 0 unspecified atom stereocenters. The van der Waals surface area contributed by atoms with Crippen LogP contribution in [-0.4, -0.2) is 0 Å². The van der Waals surface area contributed by atoms with Crippen molar-refractivity contribution in [3.63, 3.8) is 0 Å². The van der Waals surface area contributed by atoms with Gasteiger partial charge in [0.05, 0.1) is 11.1 Å². The molecule has 0 heterocycles. The van der Waals surface area contributed by atoms with Crippen LogP contribution in [0.3, 0.4) is 0 Å². The first kappa shape index (κ1) is 46.2. The number of fused-ring (bicyclic) bond motifs is 23. The molecule has 0 aliphatic heterocycles. The van der Waals surface area contributed by atoms with Crippen molar-refractivity contribution in [1.29, 1.82) is 0 Å². The summed E-state index contributed by atoms with van der Waals surface area (Å²) in [5, 5.41) is 7.47. The molecular formula is C79H56N2. The third-order valence-corrected chi connectivity index (χ3v) is 19.2. The fourth-order valence-corrected chi connectivity index (χ4v) is 15.7. The number of nitrogens with zero attached hydrogens (tertiary/aromatic N) is 2. The van der Waals surface area contributed by atoms with E-state index in [0.29, 0.717) is 0 Å². The molecule has 1 spiro atoms. The number of hydrogen-bond donors (Lipinski definition) is 0. The Kier molecular flexibility index (Phi) is 9.49. The molecule has 0 saturated carbocycles. The molecule has 2 nitrogen and oxygen atoms in total. The quantitative estimate of drug-likeness (QED) is 0.153. The van der Waals surface area contributed by atoms with E-state index in [1.165, 1.54) is 121 Å². The summed E-state index contributed by atoms with van der Waals surface area (Å²) in [6, 6.07) is 101. The predicted molar refractivity (Wildman–Crippen MR) is 340 cm³/mol. The zero-order chi connectivity index (χ0) is 53.9. The molecule has 382 valence electrons. The van der Waals surface area contributed by atoms with E-state index >= 15 is 0 Å². The molecule has 13 aromatic rings. The molecule has 0 fully saturated rings. The highest BCUT2D eigenvalue weighted by Gasteiger charge is 2.54. The second kappa shape index (κ2) is 16.6. The Morgan fingerprint density at radius 1 is 0.235 bits per heavy atom. The molecule has 4 aliphatic carbocycles. The van der Waals surface area contributed by atoms with Crippen LogP contribution in [0.4, 0.5) is 34.1 Å². The van der Waals surface area contributed by atoms with Gasteiger partial charge < -0.3 is 9.80 Å². The Labute approximate surface area is 473 Å². The van der Waals surface area contributed by atoms with Crippen molar-refractivity contribution in [3.8, 4) is 44.5 Å². The number of anilines is 6. The van der Waals surface area contributed by atoms with Gasteiger partial charge in [-0.2, -0.15) is 0 Å². The van der Waals surface area contributed by atoms with E-state index in [9.17, 15) is 0 Å². The lowest BCUT2D eigenvalue weighted by Crippen LogP contribution is -2.26. The van der Waals surface area contributed by atoms with Crippen LogP contribution in [0, 0.1) is 0 Å². The normalized spacial score (nSPS) is 14.7. The SMILES string of the molecule is CC1(C)c2ccccc2-c2ccc(N(c3ccccc3)c3ccc4c5c(c6ccccc6c4c3)-c3c(cc(N(c4ccccc4)c4ccc6c(c4)C(C)(C)c4ccccc4-6)c4ccccc34)C53c4ccccc4-c4ccccc43)cc21. The van der Waals surface area contributed by atoms with Crippen LogP contribution >= 0.6 is 0 Å². The monoisotopic (exact) mass is 1030 g/mol. The Bertz CT molecular complexity index is 4780. The van der Waals surface area contributed by atoms with Crippen LogP contribution in [0.25, 0.3) is 76.8 Å². The van der Waals surface area contributed by atoms with Crippen molar-refractivity contribution in [2.75, 3.05) is 9.80 Å². The van der Waals surface area contributed by atoms with Gasteiger partial charge in [-0.3, -0.25) is 0 Å². The smallest absolute Gasteiger partial charge is 0.0732 e. The number of benzene rings is 13. The first-order valence-electron chi connectivity index (χ1n) is 28.7. The molecule has 81 heavy (non-hydrogen) atoms. The molecule has 0 saturated heterocycles. The first-order chi connectivity index (χ1) is 39.7. The maximum Gasteiger partial charge on any atom is 0.0732 e. The lowest BCUT2D eigenvalue weighted by Gasteiger charge is -2.34. The molecule has 2 heteroatoms. The van der Waals surface area contributed by atoms with Gasteiger partial charge in [-0.1, -0.05) is 228 Å². The Hall–Kier alpha value is -9.76. The third kappa shape index (κ3) is 6.12. The van der Waals surface area contributed by atoms with Gasteiger partial charge in [0, 0.05) is 44.7 Å². The lowest BCUT2D eigenvalue weighted by atomic mass is 9.69. The highest BCUT2D eigenvalue weighted by atomic mass is 15.1. The molecular weight excluding hydrogens is 977 g/mol. The molecule has 0 amide bonds. The molecule has 0 bridgehead atoms. The Balaban J connectivity index is 0.959. The van der Waals surface area contributed by atoms with Gasteiger partial charge in [0.1, 0.15) is 0 Å². The van der Waals surface area contributed by atoms with Gasteiger partial charge in [-0.05, 0) is 183 Å². The molecule has 0 aromatic heterocycles. The standard InChI is InChI=1S/C79H56N2/c1-77(2)66-35-19-15-28-55(66)59-42-39-52(46-70(59)77)80(49-23-7-5-8-24-49)51-41-44-64-65(45-51)54-27-11-13-33-62(54)75-74-63-34-14-12-32-61(63)73(48-72(74)79(76(64)75)68-37-21-17-30-57(68)58-31-18-22-38-69(58)79)81(50-25-9-6-10-26-50)53-40-43-60-56-29-16-20-36-67(56)78(3,4)71(60)47-53/h5-48H,1-4H3. The summed E-state index contributed by atoms with van der Waals surface area (Å²) >= 11 is 0. The van der Waals surface area contributed by atoms with Crippen molar-refractivity contribution < 1.29 is 0 Å². The molecule has 4 aliphatic rings. The summed E-state index contributed by atoms with van der Waals surface area (Å²) in [7, 11) is 0. The van der Waals surface area contributed by atoms with Crippen molar-refractivity contribution in [2.24, 2.45) is 0 Å². The Morgan fingerprint density at radius 3 is 1.19 bits per heavy atom. The van der Waals surface area contributed by atoms with Gasteiger partial charge in [0.25, 0.3) is 0 Å². The highest BCUT2D eigenvalue weighted by Crippen LogP contribution is 2.68. The van der Waals surface area contributed by atoms with E-state index < -0.39 is 5.41 Å². The highest BCUT2D eigenvalue weighted by molar-refractivity contribution is 6.24. The minimum Gasteiger partial charge on any atom is -0.310 e. The summed E-state index contributed by atoms with van der Waals surface area (Å²) in [5.74, 6) is 0. The van der Waals surface area contributed by atoms with Crippen molar-refractivity contribution in [3.05, 3.63) is 311 Å². The maximum absolute atomic E-state index is 2.61. The minimum atomic E-state index is -0.677. The molecule has 13 aromatic carbocycles. The van der Waals surface area contributed by atoms with Crippen LogP contribution < -0.4 is 9.80 Å². The van der Waals surface area contributed by atoms with Crippen LogP contribution in [0.15, 0.2) is 267 Å². The second-order valence-electron chi connectivity index (χ2n) is 23.9. The molecule has 0 N–H and O–H groups in total. The van der Waals surface area contributed by atoms with Crippen LogP contribution in [-0.2, 0) is 16.2 Å². The van der Waals surface area contributed by atoms with E-state index in [1.54, 1.807) is 0 Å². The number of rotatable bonds is 6. The van der Waals surface area contributed by atoms with Crippen LogP contribution in [0.5, 0.6) is 0 Å². The van der Waals surface area contributed by atoms with Gasteiger partial charge in [-0.25, -0.2) is 0 Å². The number of hydrogen-bond acceptors (Lipinski definition) is 2. The second-order valence-corrected chi connectivity index (χ2v) is 23.9. The van der Waals surface area contributed by atoms with Gasteiger partial charge in [0.15, 0.2) is 0 Å². The van der Waals surface area contributed by atoms with Crippen LogP contribution in [0.2, 0.25) is 0 Å². The lowest BCUT2D eigenvalue weighted by molar-refractivity contribution is 0.660. The third-order valence-electron chi connectivity index (χ3n) is 19.2. The van der Waals surface area contributed by atoms with E-state index in [-0.39, 0.29) is 10.8 Å². The average Bonchev–Trinajstić information content (AvgIpc) is 2.03. The maximum atomic E-state index is 2.61. The minimum absolute atomic E-state index is 0.144. The Morgan fingerprint density at radius 2 is 0.630 bits per heavy atom. The summed E-state index contributed by atoms with van der Waals surface area (Å²) in [6.45, 7) is 9.53. The van der Waals surface area contributed by atoms with E-state index in [4.69, 9.17) is 0 Å². The average molecular weight is 1030 g/mol. The summed E-state index contributed by atoms with van der Waals surface area (Å²) in [4.78, 5) is 5.02. The summed E-state index contributed by atoms with van der Waals surface area (Å²) in [5.41, 5.74) is 27.1. The molecule has 17 rings (SSSR count). The molecule has 0 radical (unpaired) electrons. The van der Waals surface area contributed by atoms with Gasteiger partial charge >= 0.3 is 0 Å². The van der Waals surface area contributed by atoms with Gasteiger partial charge in [0.2, 0.25) is 0 Å². The van der Waals surface area contributed by atoms with Gasteiger partial charge in [-0.15, -0.1) is 0 Å². The fraction of sp³-hybridized carbons (Fsp3) is 0.0886. The van der Waals surface area contributed by atoms with Crippen molar-refractivity contribution >= 4 is 66.4 Å². The van der Waals surface area contributed by atoms with Crippen molar-refractivity contribution in [2.45, 2.75) is 43.9 Å². The first-order valence-corrected chi connectivity index (χ1v) is 28.7. The largest absolute Gasteiger partial charge is 0.310 e.